The zero-order valence-corrected chi connectivity index (χ0v) is 13.1. The van der Waals surface area contributed by atoms with Crippen molar-refractivity contribution in [3.63, 3.8) is 0 Å². The second kappa shape index (κ2) is 6.39. The van der Waals surface area contributed by atoms with Gasteiger partial charge in [0, 0.05) is 6.20 Å². The number of nitrogen functional groups attached to an aromatic ring is 1. The van der Waals surface area contributed by atoms with Gasteiger partial charge in [0.05, 0.1) is 19.4 Å². The molecule has 0 aliphatic carbocycles. The van der Waals surface area contributed by atoms with Gasteiger partial charge in [0.25, 0.3) is 0 Å². The topological polar surface area (TPSA) is 74.7 Å². The molecule has 0 saturated carbocycles. The molecule has 0 bridgehead atoms. The van der Waals surface area contributed by atoms with Crippen LogP contribution in [0.1, 0.15) is 18.3 Å². The fourth-order valence-corrected chi connectivity index (χ4v) is 2.30. The average molecular weight is 310 g/mol. The van der Waals surface area contributed by atoms with Gasteiger partial charge in [-0.15, -0.1) is 10.2 Å². The van der Waals surface area contributed by atoms with Crippen LogP contribution in [0, 0.1) is 0 Å². The molecule has 0 aliphatic heterocycles. The van der Waals surface area contributed by atoms with E-state index in [9.17, 15) is 0 Å². The Morgan fingerprint density at radius 2 is 2.04 bits per heavy atom. The predicted molar refractivity (Wildman–Crippen MR) is 90.5 cm³/mol. The van der Waals surface area contributed by atoms with Crippen molar-refractivity contribution >= 4 is 23.5 Å². The number of rotatable bonds is 5. The number of hydrogen-bond acceptors (Lipinski definition) is 5. The summed E-state index contributed by atoms with van der Waals surface area (Å²) in [6.45, 7) is 2.54. The van der Waals surface area contributed by atoms with Crippen molar-refractivity contribution in [1.29, 1.82) is 0 Å². The highest BCUT2D eigenvalue weighted by atomic mass is 16.5. The number of nitrogens with two attached hydrogens (primary N) is 1. The zero-order valence-electron chi connectivity index (χ0n) is 13.1. The molecule has 23 heavy (non-hydrogen) atoms. The maximum absolute atomic E-state index is 5.88. The number of anilines is 1. The molecule has 2 aromatic heterocycles. The molecule has 0 radical (unpaired) electrons. The van der Waals surface area contributed by atoms with E-state index in [0.29, 0.717) is 29.5 Å². The lowest BCUT2D eigenvalue weighted by Crippen LogP contribution is -1.95. The van der Waals surface area contributed by atoms with E-state index in [-0.39, 0.29) is 0 Å². The lowest BCUT2D eigenvalue weighted by atomic mass is 10.2. The molecule has 0 unspecified atom stereocenters. The van der Waals surface area contributed by atoms with E-state index in [2.05, 4.69) is 10.2 Å². The fraction of sp³-hybridized carbons (Fsp3) is 0.176. The van der Waals surface area contributed by atoms with E-state index in [0.717, 1.165) is 11.3 Å². The molecule has 3 aromatic rings. The minimum absolute atomic E-state index is 0.596. The van der Waals surface area contributed by atoms with Crippen molar-refractivity contribution in [3.05, 3.63) is 47.9 Å². The standard InChI is InChI=1S/C17H18N4O2/c1-3-23-14-8-6-12(11-15(14)22-2)7-9-16-19-20-17-13(18)5-4-10-21(16)17/h4-11H,3,18H2,1-2H3/b9-7+. The van der Waals surface area contributed by atoms with Crippen LogP contribution in [0.2, 0.25) is 0 Å². The summed E-state index contributed by atoms with van der Waals surface area (Å²) in [5.74, 6) is 2.14. The first-order valence-electron chi connectivity index (χ1n) is 7.31. The monoisotopic (exact) mass is 310 g/mol. The SMILES string of the molecule is CCOc1ccc(/C=C/c2nnc3c(N)cccn23)cc1OC. The predicted octanol–water partition coefficient (Wildman–Crippen LogP) is 2.89. The minimum Gasteiger partial charge on any atom is -0.493 e. The second-order valence-electron chi connectivity index (χ2n) is 4.89. The van der Waals surface area contributed by atoms with Crippen LogP contribution in [0.3, 0.4) is 0 Å². The van der Waals surface area contributed by atoms with Crippen LogP contribution in [-0.2, 0) is 0 Å². The number of ether oxygens (including phenoxy) is 2. The summed E-state index contributed by atoms with van der Waals surface area (Å²) in [6.07, 6.45) is 5.70. The van der Waals surface area contributed by atoms with Gasteiger partial charge >= 0.3 is 0 Å². The van der Waals surface area contributed by atoms with E-state index in [1.54, 1.807) is 13.2 Å². The Kier molecular flexibility index (Phi) is 4.14. The van der Waals surface area contributed by atoms with Gasteiger partial charge in [-0.05, 0) is 42.8 Å². The smallest absolute Gasteiger partial charge is 0.184 e. The Balaban J connectivity index is 1.91. The molecule has 2 heterocycles. The number of aromatic nitrogens is 3. The first-order valence-corrected chi connectivity index (χ1v) is 7.31. The molecule has 0 amide bonds. The maximum atomic E-state index is 5.88. The molecule has 118 valence electrons. The number of nitrogens with zero attached hydrogens (tertiary/aromatic N) is 3. The summed E-state index contributed by atoms with van der Waals surface area (Å²) in [5.41, 5.74) is 8.11. The number of hydrogen-bond donors (Lipinski definition) is 1. The summed E-state index contributed by atoms with van der Waals surface area (Å²) in [7, 11) is 1.63. The van der Waals surface area contributed by atoms with Gasteiger partial charge in [-0.25, -0.2) is 0 Å². The van der Waals surface area contributed by atoms with Gasteiger partial charge in [0.2, 0.25) is 0 Å². The largest absolute Gasteiger partial charge is 0.493 e. The van der Waals surface area contributed by atoms with Crippen LogP contribution in [0.4, 0.5) is 5.69 Å². The van der Waals surface area contributed by atoms with Crippen LogP contribution in [-0.4, -0.2) is 28.3 Å². The zero-order chi connectivity index (χ0) is 16.2. The molecule has 3 rings (SSSR count). The molecule has 0 fully saturated rings. The Hall–Kier alpha value is -3.02. The molecular weight excluding hydrogens is 292 g/mol. The number of benzene rings is 1. The summed E-state index contributed by atoms with van der Waals surface area (Å²) >= 11 is 0. The van der Waals surface area contributed by atoms with Crippen LogP contribution in [0.25, 0.3) is 17.8 Å². The Labute approximate surface area is 134 Å². The maximum Gasteiger partial charge on any atom is 0.184 e. The first-order chi connectivity index (χ1) is 11.2. The van der Waals surface area contributed by atoms with Gasteiger partial charge in [-0.2, -0.15) is 0 Å². The molecule has 2 N–H and O–H groups in total. The molecule has 1 aromatic carbocycles. The van der Waals surface area contributed by atoms with Gasteiger partial charge < -0.3 is 15.2 Å². The first kappa shape index (κ1) is 14.9. The van der Waals surface area contributed by atoms with Gasteiger partial charge in [0.15, 0.2) is 23.0 Å². The van der Waals surface area contributed by atoms with Gasteiger partial charge in [-0.1, -0.05) is 12.1 Å². The highest BCUT2D eigenvalue weighted by Gasteiger charge is 2.06. The Bertz CT molecular complexity index is 855. The van der Waals surface area contributed by atoms with Gasteiger partial charge in [0.1, 0.15) is 0 Å². The van der Waals surface area contributed by atoms with Crippen LogP contribution < -0.4 is 15.2 Å². The fourth-order valence-electron chi connectivity index (χ4n) is 2.30. The molecule has 6 heteroatoms. The summed E-state index contributed by atoms with van der Waals surface area (Å²) < 4.78 is 12.7. The number of pyridine rings is 1. The lowest BCUT2D eigenvalue weighted by Gasteiger charge is -2.09. The molecule has 6 nitrogen and oxygen atoms in total. The van der Waals surface area contributed by atoms with Crippen molar-refractivity contribution < 1.29 is 9.47 Å². The molecule has 0 saturated heterocycles. The summed E-state index contributed by atoms with van der Waals surface area (Å²) in [5, 5.41) is 8.25. The van der Waals surface area contributed by atoms with Crippen molar-refractivity contribution in [2.24, 2.45) is 0 Å². The van der Waals surface area contributed by atoms with E-state index in [1.165, 1.54) is 0 Å². The summed E-state index contributed by atoms with van der Waals surface area (Å²) in [6, 6.07) is 9.43. The van der Waals surface area contributed by atoms with E-state index in [4.69, 9.17) is 15.2 Å². The average Bonchev–Trinajstić information content (AvgIpc) is 2.99. The molecular formula is C17H18N4O2. The number of methoxy groups -OCH3 is 1. The van der Waals surface area contributed by atoms with Gasteiger partial charge in [-0.3, -0.25) is 4.40 Å². The van der Waals surface area contributed by atoms with E-state index >= 15 is 0 Å². The quantitative estimate of drug-likeness (QED) is 0.784. The Morgan fingerprint density at radius 1 is 1.17 bits per heavy atom. The molecule has 0 atom stereocenters. The van der Waals surface area contributed by atoms with Crippen molar-refractivity contribution in [2.45, 2.75) is 6.92 Å². The third-order valence-corrected chi connectivity index (χ3v) is 3.40. The second-order valence-corrected chi connectivity index (χ2v) is 4.89. The number of fused-ring (bicyclic) bond motifs is 1. The van der Waals surface area contributed by atoms with Crippen LogP contribution >= 0.6 is 0 Å². The normalized spacial score (nSPS) is 11.2. The molecule has 0 spiro atoms. The van der Waals surface area contributed by atoms with E-state index in [1.807, 2.05) is 53.9 Å². The van der Waals surface area contributed by atoms with Crippen molar-refractivity contribution in [1.82, 2.24) is 14.6 Å². The van der Waals surface area contributed by atoms with Crippen LogP contribution in [0.15, 0.2) is 36.5 Å². The van der Waals surface area contributed by atoms with E-state index < -0.39 is 0 Å². The lowest BCUT2D eigenvalue weighted by molar-refractivity contribution is 0.311. The third-order valence-electron chi connectivity index (χ3n) is 3.40. The van der Waals surface area contributed by atoms with Crippen molar-refractivity contribution in [3.8, 4) is 11.5 Å². The highest BCUT2D eigenvalue weighted by molar-refractivity contribution is 5.71. The highest BCUT2D eigenvalue weighted by Crippen LogP contribution is 2.28. The Morgan fingerprint density at radius 3 is 2.83 bits per heavy atom. The van der Waals surface area contributed by atoms with Crippen molar-refractivity contribution in [2.75, 3.05) is 19.5 Å². The third kappa shape index (κ3) is 2.96. The molecule has 0 aliphatic rings. The summed E-state index contributed by atoms with van der Waals surface area (Å²) in [4.78, 5) is 0. The van der Waals surface area contributed by atoms with Crippen LogP contribution in [0.5, 0.6) is 11.5 Å². The minimum atomic E-state index is 0.596.